The quantitative estimate of drug-likeness (QED) is 0.428. The Morgan fingerprint density at radius 1 is 1.62 bits per heavy atom. The number of carbonyl (C=O) groups is 2. The van der Waals surface area contributed by atoms with Crippen LogP contribution in [0, 0.1) is 0 Å². The van der Waals surface area contributed by atoms with Crippen molar-refractivity contribution in [2.24, 2.45) is 0 Å². The standard InChI is InChI=1S/C8H13NO4/c1-2-13-8(12)7(11)9-4-3-6(10)5-9/h6,10H,2-5H2,1H3. The van der Waals surface area contributed by atoms with E-state index in [1.165, 1.54) is 4.90 Å². The van der Waals surface area contributed by atoms with E-state index in [9.17, 15) is 9.59 Å². The molecule has 1 unspecified atom stereocenters. The van der Waals surface area contributed by atoms with E-state index < -0.39 is 18.0 Å². The maximum Gasteiger partial charge on any atom is 0.397 e. The zero-order valence-electron chi connectivity index (χ0n) is 7.52. The highest BCUT2D eigenvalue weighted by Gasteiger charge is 2.29. The molecule has 1 rings (SSSR count). The van der Waals surface area contributed by atoms with Crippen molar-refractivity contribution in [3.63, 3.8) is 0 Å². The molecule has 1 heterocycles. The molecular weight excluding hydrogens is 174 g/mol. The second-order valence-electron chi connectivity index (χ2n) is 2.91. The smallest absolute Gasteiger partial charge is 0.397 e. The van der Waals surface area contributed by atoms with Gasteiger partial charge in [-0.1, -0.05) is 0 Å². The van der Waals surface area contributed by atoms with E-state index in [0.717, 1.165) is 0 Å². The van der Waals surface area contributed by atoms with Crippen molar-refractivity contribution in [1.29, 1.82) is 0 Å². The summed E-state index contributed by atoms with van der Waals surface area (Å²) >= 11 is 0. The highest BCUT2D eigenvalue weighted by Crippen LogP contribution is 2.08. The number of esters is 1. The van der Waals surface area contributed by atoms with Gasteiger partial charge in [-0.3, -0.25) is 4.79 Å². The molecule has 1 fully saturated rings. The van der Waals surface area contributed by atoms with Crippen LogP contribution in [0.2, 0.25) is 0 Å². The Hall–Kier alpha value is -1.10. The van der Waals surface area contributed by atoms with Gasteiger partial charge in [0.25, 0.3) is 0 Å². The first-order valence-corrected chi connectivity index (χ1v) is 4.29. The summed E-state index contributed by atoms with van der Waals surface area (Å²) in [6, 6.07) is 0. The predicted octanol–water partition coefficient (Wildman–Crippen LogP) is -0.857. The van der Waals surface area contributed by atoms with Gasteiger partial charge < -0.3 is 14.7 Å². The molecule has 0 aromatic carbocycles. The van der Waals surface area contributed by atoms with Crippen molar-refractivity contribution in [3.8, 4) is 0 Å². The van der Waals surface area contributed by atoms with Crippen molar-refractivity contribution >= 4 is 11.9 Å². The topological polar surface area (TPSA) is 66.8 Å². The number of aliphatic hydroxyl groups excluding tert-OH is 1. The Morgan fingerprint density at radius 3 is 2.77 bits per heavy atom. The van der Waals surface area contributed by atoms with Crippen LogP contribution in [-0.4, -0.2) is 47.7 Å². The number of aliphatic hydroxyl groups is 1. The lowest BCUT2D eigenvalue weighted by Gasteiger charge is -2.13. The molecule has 0 spiro atoms. The van der Waals surface area contributed by atoms with E-state index in [4.69, 9.17) is 5.11 Å². The largest absolute Gasteiger partial charge is 0.459 e. The van der Waals surface area contributed by atoms with Gasteiger partial charge in [0.1, 0.15) is 0 Å². The van der Waals surface area contributed by atoms with Gasteiger partial charge >= 0.3 is 11.9 Å². The van der Waals surface area contributed by atoms with E-state index in [2.05, 4.69) is 4.74 Å². The second-order valence-corrected chi connectivity index (χ2v) is 2.91. The fourth-order valence-corrected chi connectivity index (χ4v) is 1.25. The molecule has 1 atom stereocenters. The molecule has 5 nitrogen and oxygen atoms in total. The van der Waals surface area contributed by atoms with E-state index in [0.29, 0.717) is 13.0 Å². The fourth-order valence-electron chi connectivity index (χ4n) is 1.25. The van der Waals surface area contributed by atoms with E-state index in [1.807, 2.05) is 0 Å². The van der Waals surface area contributed by atoms with Crippen LogP contribution in [0.25, 0.3) is 0 Å². The minimum Gasteiger partial charge on any atom is -0.459 e. The summed E-state index contributed by atoms with van der Waals surface area (Å²) in [6.07, 6.45) is 0.0314. The molecule has 1 N–H and O–H groups in total. The van der Waals surface area contributed by atoms with Gasteiger partial charge in [-0.05, 0) is 13.3 Å². The van der Waals surface area contributed by atoms with Gasteiger partial charge in [0.15, 0.2) is 0 Å². The first-order chi connectivity index (χ1) is 6.15. The Balaban J connectivity index is 2.43. The lowest BCUT2D eigenvalue weighted by atomic mass is 10.3. The molecule has 0 aliphatic carbocycles. The second kappa shape index (κ2) is 4.23. The number of hydrogen-bond acceptors (Lipinski definition) is 4. The summed E-state index contributed by atoms with van der Waals surface area (Å²) in [5.74, 6) is -1.49. The molecule has 0 radical (unpaired) electrons. The zero-order valence-corrected chi connectivity index (χ0v) is 7.52. The number of β-amino-alcohol motifs (C(OH)–C–C–N with tert-alkyl or cyclic N) is 1. The molecule has 5 heteroatoms. The lowest BCUT2D eigenvalue weighted by Crippen LogP contribution is -2.36. The van der Waals surface area contributed by atoms with E-state index in [-0.39, 0.29) is 13.2 Å². The van der Waals surface area contributed by atoms with Crippen LogP contribution in [0.4, 0.5) is 0 Å². The monoisotopic (exact) mass is 187 g/mol. The number of likely N-dealkylation sites (tertiary alicyclic amines) is 1. The normalized spacial score (nSPS) is 21.7. The van der Waals surface area contributed by atoms with Crippen molar-refractivity contribution in [1.82, 2.24) is 4.90 Å². The van der Waals surface area contributed by atoms with Crippen LogP contribution in [0.3, 0.4) is 0 Å². The molecule has 0 bridgehead atoms. The third-order valence-corrected chi connectivity index (χ3v) is 1.90. The third kappa shape index (κ3) is 2.42. The summed E-state index contributed by atoms with van der Waals surface area (Å²) in [5.41, 5.74) is 0. The Bertz CT molecular complexity index is 216. The van der Waals surface area contributed by atoms with Gasteiger partial charge in [-0.25, -0.2) is 4.79 Å². The molecule has 0 aromatic rings. The SMILES string of the molecule is CCOC(=O)C(=O)N1CCC(O)C1. The van der Waals surface area contributed by atoms with Gasteiger partial charge in [-0.2, -0.15) is 0 Å². The van der Waals surface area contributed by atoms with E-state index >= 15 is 0 Å². The van der Waals surface area contributed by atoms with Crippen LogP contribution < -0.4 is 0 Å². The third-order valence-electron chi connectivity index (χ3n) is 1.90. The average Bonchev–Trinajstić information content (AvgIpc) is 2.51. The predicted molar refractivity (Wildman–Crippen MR) is 43.8 cm³/mol. The lowest BCUT2D eigenvalue weighted by molar-refractivity contribution is -0.159. The maximum atomic E-state index is 11.2. The van der Waals surface area contributed by atoms with Gasteiger partial charge in [-0.15, -0.1) is 0 Å². The minimum atomic E-state index is -0.836. The average molecular weight is 187 g/mol. The summed E-state index contributed by atoms with van der Waals surface area (Å²) in [4.78, 5) is 23.5. The van der Waals surface area contributed by atoms with Crippen LogP contribution in [0.15, 0.2) is 0 Å². The summed E-state index contributed by atoms with van der Waals surface area (Å²) in [5, 5.41) is 9.11. The van der Waals surface area contributed by atoms with Crippen LogP contribution in [-0.2, 0) is 14.3 Å². The van der Waals surface area contributed by atoms with Crippen molar-refractivity contribution in [3.05, 3.63) is 0 Å². The summed E-state index contributed by atoms with van der Waals surface area (Å²) in [7, 11) is 0. The fraction of sp³-hybridized carbons (Fsp3) is 0.750. The Labute approximate surface area is 76.3 Å². The Kier molecular flexibility index (Phi) is 3.25. The number of ether oxygens (including phenoxy) is 1. The molecule has 1 aliphatic rings. The Morgan fingerprint density at radius 2 is 2.31 bits per heavy atom. The highest BCUT2D eigenvalue weighted by molar-refractivity contribution is 6.32. The maximum absolute atomic E-state index is 11.2. The summed E-state index contributed by atoms with van der Waals surface area (Å²) in [6.45, 7) is 2.50. The molecule has 1 saturated heterocycles. The number of rotatable bonds is 1. The molecule has 0 aromatic heterocycles. The molecule has 13 heavy (non-hydrogen) atoms. The van der Waals surface area contributed by atoms with E-state index in [1.54, 1.807) is 6.92 Å². The number of hydrogen-bond donors (Lipinski definition) is 1. The van der Waals surface area contributed by atoms with Gasteiger partial charge in [0.05, 0.1) is 12.7 Å². The van der Waals surface area contributed by atoms with Crippen LogP contribution in [0.5, 0.6) is 0 Å². The molecule has 1 aliphatic heterocycles. The molecular formula is C8H13NO4. The highest BCUT2D eigenvalue weighted by atomic mass is 16.5. The van der Waals surface area contributed by atoms with Crippen LogP contribution >= 0.6 is 0 Å². The molecule has 1 amide bonds. The van der Waals surface area contributed by atoms with Crippen molar-refractivity contribution in [2.45, 2.75) is 19.4 Å². The number of nitrogens with zero attached hydrogens (tertiary/aromatic N) is 1. The van der Waals surface area contributed by atoms with Gasteiger partial charge in [0, 0.05) is 13.1 Å². The molecule has 74 valence electrons. The summed E-state index contributed by atoms with van der Waals surface area (Å²) < 4.78 is 4.54. The minimum absolute atomic E-state index is 0.195. The van der Waals surface area contributed by atoms with Crippen molar-refractivity contribution in [2.75, 3.05) is 19.7 Å². The zero-order chi connectivity index (χ0) is 9.84. The first-order valence-electron chi connectivity index (χ1n) is 4.29. The van der Waals surface area contributed by atoms with Crippen LogP contribution in [0.1, 0.15) is 13.3 Å². The number of carbonyl (C=O) groups excluding carboxylic acids is 2. The van der Waals surface area contributed by atoms with Crippen molar-refractivity contribution < 1.29 is 19.4 Å². The van der Waals surface area contributed by atoms with Gasteiger partial charge in [0.2, 0.25) is 0 Å². The number of amides is 1. The first kappa shape index (κ1) is 9.98. The molecule has 0 saturated carbocycles.